The molecule has 1 amide bonds. The van der Waals surface area contributed by atoms with Crippen LogP contribution in [-0.2, 0) is 9.84 Å². The third kappa shape index (κ3) is 4.31. The molecule has 6 nitrogen and oxygen atoms in total. The molecule has 0 spiro atoms. The van der Waals surface area contributed by atoms with Crippen molar-refractivity contribution < 1.29 is 31.8 Å². The van der Waals surface area contributed by atoms with E-state index >= 15 is 0 Å². The van der Waals surface area contributed by atoms with Gasteiger partial charge in [0.1, 0.15) is 17.4 Å². The maximum atomic E-state index is 13.8. The van der Waals surface area contributed by atoms with Crippen LogP contribution in [0.2, 0.25) is 0 Å². The SMILES string of the molecule is COc1ccc(S(=O)(=O)CC2CC(O)C2)cc1C(=O)Nc1ccc(F)cc1F. The summed E-state index contributed by atoms with van der Waals surface area (Å²) in [5.74, 6) is -2.70. The fourth-order valence-corrected chi connectivity index (χ4v) is 4.74. The molecular weight excluding hydrogens is 392 g/mol. The Hall–Kier alpha value is -2.52. The molecule has 0 heterocycles. The van der Waals surface area contributed by atoms with Crippen LogP contribution in [0.15, 0.2) is 41.3 Å². The van der Waals surface area contributed by atoms with Crippen molar-refractivity contribution in [2.75, 3.05) is 18.2 Å². The summed E-state index contributed by atoms with van der Waals surface area (Å²) in [5.41, 5.74) is -0.342. The molecule has 1 saturated carbocycles. The van der Waals surface area contributed by atoms with Crippen LogP contribution in [0, 0.1) is 17.6 Å². The first-order valence-electron chi connectivity index (χ1n) is 8.55. The zero-order valence-electron chi connectivity index (χ0n) is 15.0. The molecule has 1 aliphatic carbocycles. The van der Waals surface area contributed by atoms with Crippen molar-refractivity contribution >= 4 is 21.4 Å². The molecule has 150 valence electrons. The van der Waals surface area contributed by atoms with E-state index in [4.69, 9.17) is 4.74 Å². The third-order valence-corrected chi connectivity index (χ3v) is 6.50. The number of hydrogen-bond acceptors (Lipinski definition) is 5. The summed E-state index contributed by atoms with van der Waals surface area (Å²) in [7, 11) is -2.37. The molecule has 1 aliphatic rings. The molecule has 28 heavy (non-hydrogen) atoms. The Morgan fingerprint density at radius 2 is 1.93 bits per heavy atom. The maximum Gasteiger partial charge on any atom is 0.259 e. The molecule has 0 saturated heterocycles. The number of sulfone groups is 1. The van der Waals surface area contributed by atoms with Crippen molar-refractivity contribution in [3.05, 3.63) is 53.6 Å². The smallest absolute Gasteiger partial charge is 0.259 e. The summed E-state index contributed by atoms with van der Waals surface area (Å²) in [6.07, 6.45) is 0.377. The van der Waals surface area contributed by atoms with Crippen LogP contribution in [-0.4, -0.2) is 38.4 Å². The Morgan fingerprint density at radius 3 is 2.54 bits per heavy atom. The Morgan fingerprint density at radius 1 is 1.21 bits per heavy atom. The lowest BCUT2D eigenvalue weighted by molar-refractivity contribution is 0.0526. The molecule has 0 radical (unpaired) electrons. The standard InChI is InChI=1S/C19H19F2NO5S/c1-27-18-5-3-14(28(25,26)10-11-6-13(23)7-11)9-15(18)19(24)22-17-4-2-12(20)8-16(17)21/h2-5,8-9,11,13,23H,6-7,10H2,1H3,(H,22,24). The third-order valence-electron chi connectivity index (χ3n) is 4.62. The largest absolute Gasteiger partial charge is 0.496 e. The van der Waals surface area contributed by atoms with Gasteiger partial charge in [-0.15, -0.1) is 0 Å². The van der Waals surface area contributed by atoms with Gasteiger partial charge < -0.3 is 15.2 Å². The van der Waals surface area contributed by atoms with Gasteiger partial charge in [0.2, 0.25) is 0 Å². The van der Waals surface area contributed by atoms with Crippen molar-refractivity contribution in [3.63, 3.8) is 0 Å². The zero-order chi connectivity index (χ0) is 20.5. The Balaban J connectivity index is 1.87. The van der Waals surface area contributed by atoms with Gasteiger partial charge in [0.05, 0.1) is 35.1 Å². The van der Waals surface area contributed by atoms with E-state index in [1.807, 2.05) is 0 Å². The topological polar surface area (TPSA) is 92.7 Å². The highest BCUT2D eigenvalue weighted by Crippen LogP contribution is 2.31. The second-order valence-corrected chi connectivity index (χ2v) is 8.75. The van der Waals surface area contributed by atoms with E-state index in [0.717, 1.165) is 12.1 Å². The molecule has 0 bridgehead atoms. The van der Waals surface area contributed by atoms with E-state index in [1.54, 1.807) is 0 Å². The van der Waals surface area contributed by atoms with Crippen LogP contribution in [0.1, 0.15) is 23.2 Å². The average Bonchev–Trinajstić information content (AvgIpc) is 2.62. The number of carbonyl (C=O) groups excluding carboxylic acids is 1. The minimum atomic E-state index is -3.68. The van der Waals surface area contributed by atoms with Crippen molar-refractivity contribution in [1.29, 1.82) is 0 Å². The summed E-state index contributed by atoms with van der Waals surface area (Å²) >= 11 is 0. The van der Waals surface area contributed by atoms with Gasteiger partial charge in [-0.25, -0.2) is 17.2 Å². The number of carbonyl (C=O) groups is 1. The molecule has 0 atom stereocenters. The van der Waals surface area contributed by atoms with Crippen molar-refractivity contribution in [2.24, 2.45) is 5.92 Å². The molecule has 2 aromatic carbocycles. The predicted octanol–water partition coefficient (Wildman–Crippen LogP) is 2.77. The quantitative estimate of drug-likeness (QED) is 0.763. The zero-order valence-corrected chi connectivity index (χ0v) is 15.8. The molecular formula is C19H19F2NO5S. The van der Waals surface area contributed by atoms with Crippen LogP contribution in [0.25, 0.3) is 0 Å². The van der Waals surface area contributed by atoms with E-state index in [9.17, 15) is 27.1 Å². The molecule has 9 heteroatoms. The van der Waals surface area contributed by atoms with Gasteiger partial charge in [-0.1, -0.05) is 0 Å². The number of benzene rings is 2. The number of aliphatic hydroxyl groups is 1. The minimum absolute atomic E-state index is 0.0700. The number of ether oxygens (including phenoxy) is 1. The molecule has 1 fully saturated rings. The Bertz CT molecular complexity index is 1000. The first-order valence-corrected chi connectivity index (χ1v) is 10.2. The summed E-state index contributed by atoms with van der Waals surface area (Å²) in [5, 5.41) is 11.6. The van der Waals surface area contributed by atoms with Crippen molar-refractivity contribution in [2.45, 2.75) is 23.8 Å². The number of anilines is 1. The number of hydrogen-bond donors (Lipinski definition) is 2. The second kappa shape index (κ2) is 7.84. The molecule has 0 aromatic heterocycles. The monoisotopic (exact) mass is 411 g/mol. The van der Waals surface area contributed by atoms with E-state index in [2.05, 4.69) is 5.32 Å². The lowest BCUT2D eigenvalue weighted by Crippen LogP contribution is -2.33. The fourth-order valence-electron chi connectivity index (χ4n) is 3.08. The summed E-state index contributed by atoms with van der Waals surface area (Å²) in [6.45, 7) is 0. The van der Waals surface area contributed by atoms with Crippen molar-refractivity contribution in [1.82, 2.24) is 0 Å². The average molecular weight is 411 g/mol. The van der Waals surface area contributed by atoms with Crippen LogP contribution in [0.3, 0.4) is 0 Å². The number of methoxy groups -OCH3 is 1. The van der Waals surface area contributed by atoms with Crippen LogP contribution in [0.4, 0.5) is 14.5 Å². The van der Waals surface area contributed by atoms with E-state index < -0.39 is 33.5 Å². The summed E-state index contributed by atoms with van der Waals surface area (Å²) in [4.78, 5) is 12.5. The highest BCUT2D eigenvalue weighted by atomic mass is 32.2. The summed E-state index contributed by atoms with van der Waals surface area (Å²) < 4.78 is 57.1. The highest BCUT2D eigenvalue weighted by Gasteiger charge is 2.32. The maximum absolute atomic E-state index is 13.8. The second-order valence-electron chi connectivity index (χ2n) is 6.71. The number of rotatable bonds is 6. The lowest BCUT2D eigenvalue weighted by Gasteiger charge is -2.30. The van der Waals surface area contributed by atoms with Crippen LogP contribution >= 0.6 is 0 Å². The molecule has 2 aromatic rings. The normalized spacial score (nSPS) is 19.0. The first-order chi connectivity index (χ1) is 13.2. The highest BCUT2D eigenvalue weighted by molar-refractivity contribution is 7.91. The Kier molecular flexibility index (Phi) is 5.66. The van der Waals surface area contributed by atoms with Crippen LogP contribution < -0.4 is 10.1 Å². The minimum Gasteiger partial charge on any atom is -0.496 e. The lowest BCUT2D eigenvalue weighted by atomic mass is 9.84. The fraction of sp³-hybridized carbons (Fsp3) is 0.316. The van der Waals surface area contributed by atoms with Gasteiger partial charge in [0.25, 0.3) is 5.91 Å². The van der Waals surface area contributed by atoms with E-state index in [1.165, 1.54) is 25.3 Å². The van der Waals surface area contributed by atoms with Gasteiger partial charge in [-0.2, -0.15) is 0 Å². The Labute approximate surface area is 161 Å². The number of amides is 1. The van der Waals surface area contributed by atoms with Crippen molar-refractivity contribution in [3.8, 4) is 5.75 Å². The summed E-state index contributed by atoms with van der Waals surface area (Å²) in [6, 6.07) is 6.53. The number of aliphatic hydroxyl groups excluding tert-OH is 1. The van der Waals surface area contributed by atoms with Gasteiger partial charge in [0.15, 0.2) is 9.84 Å². The molecule has 3 rings (SSSR count). The van der Waals surface area contributed by atoms with E-state index in [0.29, 0.717) is 18.9 Å². The van der Waals surface area contributed by atoms with E-state index in [-0.39, 0.29) is 33.6 Å². The van der Waals surface area contributed by atoms with Crippen LogP contribution in [0.5, 0.6) is 5.75 Å². The van der Waals surface area contributed by atoms with Gasteiger partial charge in [0, 0.05) is 6.07 Å². The molecule has 0 aliphatic heterocycles. The molecule has 2 N–H and O–H groups in total. The van der Waals surface area contributed by atoms with Gasteiger partial charge in [-0.05, 0) is 49.1 Å². The van der Waals surface area contributed by atoms with Gasteiger partial charge >= 0.3 is 0 Å². The first kappa shape index (κ1) is 20.2. The number of halogens is 2. The van der Waals surface area contributed by atoms with Gasteiger partial charge in [-0.3, -0.25) is 4.79 Å². The number of nitrogens with one attached hydrogen (secondary N) is 1. The molecule has 0 unspecified atom stereocenters. The predicted molar refractivity (Wildman–Crippen MR) is 98.1 cm³/mol.